The molecular formula is C7H10NO2S+. The van der Waals surface area contributed by atoms with E-state index >= 15 is 0 Å². The van der Waals surface area contributed by atoms with Crippen molar-refractivity contribution in [2.24, 2.45) is 0 Å². The molecule has 0 aliphatic carbocycles. The summed E-state index contributed by atoms with van der Waals surface area (Å²) in [7, 11) is 1.37. The van der Waals surface area contributed by atoms with Crippen molar-refractivity contribution in [1.29, 1.82) is 0 Å². The molecule has 11 heavy (non-hydrogen) atoms. The van der Waals surface area contributed by atoms with Crippen molar-refractivity contribution in [3.05, 3.63) is 15.8 Å². The van der Waals surface area contributed by atoms with Crippen LogP contribution in [0.15, 0.2) is 5.38 Å². The normalized spacial score (nSPS) is 9.73. The first-order valence-corrected chi connectivity index (χ1v) is 4.03. The Morgan fingerprint density at radius 2 is 2.36 bits per heavy atom. The Morgan fingerprint density at radius 3 is 2.73 bits per heavy atom. The number of ether oxygens (including phenoxy) is 1. The van der Waals surface area contributed by atoms with Gasteiger partial charge in [-0.25, -0.2) is 4.79 Å². The molecule has 0 fully saturated rings. The van der Waals surface area contributed by atoms with Crippen molar-refractivity contribution in [2.75, 3.05) is 7.11 Å². The highest BCUT2D eigenvalue weighted by atomic mass is 32.1. The molecule has 0 saturated heterocycles. The molecule has 0 aliphatic rings. The zero-order valence-electron chi connectivity index (χ0n) is 6.51. The van der Waals surface area contributed by atoms with Crippen molar-refractivity contribution < 1.29 is 15.3 Å². The summed E-state index contributed by atoms with van der Waals surface area (Å²) in [4.78, 5) is 11.6. The first kappa shape index (κ1) is 8.23. The third-order valence-corrected chi connectivity index (χ3v) is 2.59. The number of esters is 1. The largest absolute Gasteiger partial charge is 0.465 e. The predicted molar refractivity (Wildman–Crippen MR) is 42.9 cm³/mol. The highest BCUT2D eigenvalue weighted by Crippen LogP contribution is 2.22. The second-order valence-electron chi connectivity index (χ2n) is 2.22. The van der Waals surface area contributed by atoms with Crippen LogP contribution >= 0.6 is 11.3 Å². The minimum absolute atomic E-state index is 0.298. The average molecular weight is 172 g/mol. The number of methoxy groups -OCH3 is 1. The SMILES string of the molecule is COC(=O)c1scc(C)c1[NH3+]. The van der Waals surface area contributed by atoms with E-state index in [-0.39, 0.29) is 5.97 Å². The van der Waals surface area contributed by atoms with Gasteiger partial charge < -0.3 is 10.5 Å². The van der Waals surface area contributed by atoms with E-state index in [0.29, 0.717) is 4.88 Å². The maximum absolute atomic E-state index is 11.0. The highest BCUT2D eigenvalue weighted by Gasteiger charge is 2.16. The van der Waals surface area contributed by atoms with Crippen LogP contribution in [0.1, 0.15) is 15.2 Å². The molecule has 1 aromatic rings. The van der Waals surface area contributed by atoms with Crippen molar-refractivity contribution in [2.45, 2.75) is 6.92 Å². The van der Waals surface area contributed by atoms with E-state index < -0.39 is 0 Å². The summed E-state index contributed by atoms with van der Waals surface area (Å²) in [6, 6.07) is 0. The molecule has 0 aliphatic heterocycles. The van der Waals surface area contributed by atoms with Crippen LogP contribution < -0.4 is 5.73 Å². The lowest BCUT2D eigenvalue weighted by molar-refractivity contribution is -0.255. The summed E-state index contributed by atoms with van der Waals surface area (Å²) in [5.74, 6) is -0.298. The van der Waals surface area contributed by atoms with Gasteiger partial charge in [0, 0.05) is 10.9 Å². The first-order valence-electron chi connectivity index (χ1n) is 3.15. The molecule has 0 unspecified atom stereocenters. The molecule has 3 nitrogen and oxygen atoms in total. The molecule has 0 aromatic carbocycles. The fourth-order valence-corrected chi connectivity index (χ4v) is 1.65. The molecule has 4 heteroatoms. The van der Waals surface area contributed by atoms with Gasteiger partial charge in [-0.15, -0.1) is 11.3 Å². The van der Waals surface area contributed by atoms with Crippen molar-refractivity contribution in [1.82, 2.24) is 0 Å². The maximum Gasteiger partial charge on any atom is 0.354 e. The third-order valence-electron chi connectivity index (χ3n) is 1.47. The Labute approximate surface area is 68.8 Å². The number of quaternary nitrogens is 1. The van der Waals surface area contributed by atoms with Gasteiger partial charge in [0.15, 0.2) is 10.6 Å². The lowest BCUT2D eigenvalue weighted by Crippen LogP contribution is -2.42. The van der Waals surface area contributed by atoms with E-state index in [1.165, 1.54) is 18.4 Å². The molecule has 0 saturated carbocycles. The van der Waals surface area contributed by atoms with E-state index in [0.717, 1.165) is 11.3 Å². The van der Waals surface area contributed by atoms with Crippen molar-refractivity contribution in [3.63, 3.8) is 0 Å². The Bertz CT molecular complexity index is 280. The Kier molecular flexibility index (Phi) is 2.26. The van der Waals surface area contributed by atoms with Crippen LogP contribution in [0.3, 0.4) is 0 Å². The van der Waals surface area contributed by atoms with Crippen LogP contribution in [0.4, 0.5) is 5.69 Å². The van der Waals surface area contributed by atoms with E-state index in [1.54, 1.807) is 0 Å². The maximum atomic E-state index is 11.0. The predicted octanol–water partition coefficient (Wildman–Crippen LogP) is 0.717. The Morgan fingerprint density at radius 1 is 1.73 bits per heavy atom. The van der Waals surface area contributed by atoms with Gasteiger partial charge in [0.05, 0.1) is 7.11 Å². The molecule has 0 atom stereocenters. The standard InChI is InChI=1S/C7H9NO2S/c1-4-3-11-6(5(4)8)7(9)10-2/h3H,8H2,1-2H3/p+1. The molecular weight excluding hydrogens is 162 g/mol. The lowest BCUT2D eigenvalue weighted by Gasteiger charge is -1.93. The third kappa shape index (κ3) is 1.41. The zero-order chi connectivity index (χ0) is 8.43. The van der Waals surface area contributed by atoms with Crippen LogP contribution in [-0.4, -0.2) is 13.1 Å². The number of hydrogen-bond acceptors (Lipinski definition) is 3. The monoisotopic (exact) mass is 172 g/mol. The highest BCUT2D eigenvalue weighted by molar-refractivity contribution is 7.12. The Hall–Kier alpha value is -0.870. The van der Waals surface area contributed by atoms with Crippen molar-refractivity contribution in [3.8, 4) is 0 Å². The quantitative estimate of drug-likeness (QED) is 0.634. The molecule has 0 bridgehead atoms. The number of thiophene rings is 1. The summed E-state index contributed by atoms with van der Waals surface area (Å²) in [6.07, 6.45) is 0. The van der Waals surface area contributed by atoms with Gasteiger partial charge in [-0.1, -0.05) is 0 Å². The Balaban J connectivity index is 3.04. The summed E-state index contributed by atoms with van der Waals surface area (Å²) in [5.41, 5.74) is 5.58. The van der Waals surface area contributed by atoms with Gasteiger partial charge in [0.25, 0.3) is 0 Å². The van der Waals surface area contributed by atoms with Crippen LogP contribution in [0, 0.1) is 6.92 Å². The van der Waals surface area contributed by atoms with Gasteiger partial charge >= 0.3 is 5.97 Å². The number of hydrogen-bond donors (Lipinski definition) is 1. The minimum atomic E-state index is -0.298. The number of carbonyl (C=O) groups is 1. The fourth-order valence-electron chi connectivity index (χ4n) is 0.733. The van der Waals surface area contributed by atoms with Gasteiger partial charge in [-0.3, -0.25) is 0 Å². The van der Waals surface area contributed by atoms with Crippen LogP contribution in [0.2, 0.25) is 0 Å². The first-order chi connectivity index (χ1) is 5.16. The second-order valence-corrected chi connectivity index (χ2v) is 3.10. The molecule has 1 aromatic heterocycles. The summed E-state index contributed by atoms with van der Waals surface area (Å²) >= 11 is 1.37. The van der Waals surface area contributed by atoms with Crippen molar-refractivity contribution >= 4 is 23.0 Å². The molecule has 60 valence electrons. The average Bonchev–Trinajstić information content (AvgIpc) is 2.32. The van der Waals surface area contributed by atoms with E-state index in [9.17, 15) is 4.79 Å². The molecule has 1 rings (SSSR count). The number of rotatable bonds is 1. The van der Waals surface area contributed by atoms with E-state index in [4.69, 9.17) is 0 Å². The smallest absolute Gasteiger partial charge is 0.354 e. The van der Waals surface area contributed by atoms with Gasteiger partial charge in [0.1, 0.15) is 0 Å². The van der Waals surface area contributed by atoms with Crippen LogP contribution in [0.25, 0.3) is 0 Å². The van der Waals surface area contributed by atoms with Gasteiger partial charge in [0.2, 0.25) is 0 Å². The van der Waals surface area contributed by atoms with Gasteiger partial charge in [-0.2, -0.15) is 0 Å². The molecule has 0 spiro atoms. The van der Waals surface area contributed by atoms with Crippen LogP contribution in [0.5, 0.6) is 0 Å². The second kappa shape index (κ2) is 3.02. The number of aryl methyl sites for hydroxylation is 1. The molecule has 0 radical (unpaired) electrons. The molecule has 3 N–H and O–H groups in total. The summed E-state index contributed by atoms with van der Waals surface area (Å²) < 4.78 is 4.56. The summed E-state index contributed by atoms with van der Waals surface area (Å²) in [6.45, 7) is 1.92. The topological polar surface area (TPSA) is 53.9 Å². The molecule has 1 heterocycles. The zero-order valence-corrected chi connectivity index (χ0v) is 7.33. The fraction of sp³-hybridized carbons (Fsp3) is 0.286. The minimum Gasteiger partial charge on any atom is -0.465 e. The number of carbonyl (C=O) groups excluding carboxylic acids is 1. The lowest BCUT2D eigenvalue weighted by atomic mass is 10.3. The van der Waals surface area contributed by atoms with Crippen LogP contribution in [-0.2, 0) is 4.74 Å². The van der Waals surface area contributed by atoms with E-state index in [2.05, 4.69) is 10.5 Å². The molecule has 0 amide bonds. The summed E-state index contributed by atoms with van der Waals surface area (Å²) in [5, 5.41) is 1.90. The van der Waals surface area contributed by atoms with Gasteiger partial charge in [-0.05, 0) is 6.92 Å². The van der Waals surface area contributed by atoms with E-state index in [1.807, 2.05) is 12.3 Å².